The van der Waals surface area contributed by atoms with Crippen LogP contribution in [0, 0.1) is 0 Å². The molecule has 1 aromatic heterocycles. The maximum atomic E-state index is 10.0. The van der Waals surface area contributed by atoms with Gasteiger partial charge in [-0.15, -0.1) is 0 Å². The number of hydrogen-bond acceptors (Lipinski definition) is 1. The molecule has 0 fully saturated rings. The zero-order valence-electron chi connectivity index (χ0n) is 24.4. The van der Waals surface area contributed by atoms with E-state index in [9.17, 15) is 5.41 Å². The molecule has 0 radical (unpaired) electrons. The number of nitrogens with zero attached hydrogens (tertiary/aromatic N) is 8. The first-order valence-corrected chi connectivity index (χ1v) is 11.1. The molecule has 0 N–H and O–H groups in total. The van der Waals surface area contributed by atoms with Crippen LogP contribution >= 0.6 is 0 Å². The van der Waals surface area contributed by atoms with Gasteiger partial charge in [-0.25, -0.2) is 0 Å². The largest absolute Gasteiger partial charge is 4.00 e. The summed E-state index contributed by atoms with van der Waals surface area (Å²) in [5, 5.41) is 21.4. The first-order chi connectivity index (χ1) is 14.4. The van der Waals surface area contributed by atoms with Gasteiger partial charge in [0.1, 0.15) is 0 Å². The van der Waals surface area contributed by atoms with Crippen molar-refractivity contribution in [2.45, 2.75) is 92.4 Å². The van der Waals surface area contributed by atoms with Crippen molar-refractivity contribution in [3.05, 3.63) is 39.4 Å². The molecular weight excluding hydrogens is 448 g/mol. The fourth-order valence-electron chi connectivity index (χ4n) is 2.16. The molecule has 9 heteroatoms. The van der Waals surface area contributed by atoms with E-state index in [1.165, 1.54) is 0 Å². The number of aromatic nitrogens is 2. The molecule has 0 atom stereocenters. The average molecular weight is 501 g/mol. The summed E-state index contributed by atoms with van der Waals surface area (Å²) >= 11 is 0. The van der Waals surface area contributed by atoms with Gasteiger partial charge in [0.25, 0.3) is 0 Å². The zero-order valence-corrected chi connectivity index (χ0v) is 25.9. The van der Waals surface area contributed by atoms with E-state index < -0.39 is 0 Å². The third-order valence-electron chi connectivity index (χ3n) is 3.39. The second-order valence-electron chi connectivity index (χ2n) is 10.2. The Kier molecular flexibility index (Phi) is 22.8. The summed E-state index contributed by atoms with van der Waals surface area (Å²) in [6, 6.07) is 0.620. The van der Waals surface area contributed by atoms with E-state index in [1.54, 1.807) is 28.2 Å². The molecule has 0 unspecified atom stereocenters. The second kappa shape index (κ2) is 19.2. The first kappa shape index (κ1) is 39.1. The fourth-order valence-corrected chi connectivity index (χ4v) is 2.16. The van der Waals surface area contributed by atoms with Gasteiger partial charge in [0.2, 0.25) is 0 Å². The van der Waals surface area contributed by atoms with E-state index in [1.807, 2.05) is 40.5 Å². The molecule has 0 aromatic carbocycles. The molecule has 1 aromatic rings. The maximum absolute atomic E-state index is 10.0. The SMILES string of the molecule is CC(C)(C)n1ccn(C(C)(C)C)c1=[N-].CC(C)N=C([N-]C(C)C)N(C)C.C[N-]C.C[N-]C.[Ti+4]. The summed E-state index contributed by atoms with van der Waals surface area (Å²) in [7, 11) is 10.9. The predicted molar refractivity (Wildman–Crippen MR) is 144 cm³/mol. The minimum Gasteiger partial charge on any atom is -0.668 e. The van der Waals surface area contributed by atoms with E-state index >= 15 is 0 Å². The van der Waals surface area contributed by atoms with Crippen LogP contribution in [0.25, 0.3) is 21.4 Å². The van der Waals surface area contributed by atoms with Crippen LogP contribution in [-0.2, 0) is 32.8 Å². The Morgan fingerprint density at radius 1 is 0.848 bits per heavy atom. The molecule has 0 amide bonds. The van der Waals surface area contributed by atoms with Gasteiger partial charge in [-0.1, -0.05) is 69.2 Å². The quantitative estimate of drug-likeness (QED) is 0.295. The zero-order chi connectivity index (χ0) is 26.3. The van der Waals surface area contributed by atoms with E-state index in [0.717, 1.165) is 5.96 Å². The van der Waals surface area contributed by atoms with Crippen LogP contribution in [0.2, 0.25) is 0 Å². The first-order valence-electron chi connectivity index (χ1n) is 11.1. The topological polar surface area (TPSA) is 90.1 Å². The van der Waals surface area contributed by atoms with Gasteiger partial charge in [-0.2, -0.15) is 28.2 Å². The van der Waals surface area contributed by atoms with Crippen LogP contribution in [0.3, 0.4) is 0 Å². The Morgan fingerprint density at radius 3 is 1.30 bits per heavy atom. The van der Waals surface area contributed by atoms with E-state index in [2.05, 4.69) is 90.2 Å². The minimum atomic E-state index is -0.0828. The van der Waals surface area contributed by atoms with Gasteiger partial charge in [0, 0.05) is 11.6 Å². The summed E-state index contributed by atoms with van der Waals surface area (Å²) in [6.07, 6.45) is 3.83. The van der Waals surface area contributed by atoms with Gasteiger partial charge in [-0.3, -0.25) is 0 Å². The number of hydrogen-bond donors (Lipinski definition) is 0. The molecule has 0 aliphatic heterocycles. The molecule has 0 spiro atoms. The van der Waals surface area contributed by atoms with Crippen molar-refractivity contribution < 1.29 is 21.7 Å². The van der Waals surface area contributed by atoms with E-state index in [4.69, 9.17) is 0 Å². The van der Waals surface area contributed by atoms with Gasteiger partial charge in [0.15, 0.2) is 0 Å². The third-order valence-corrected chi connectivity index (χ3v) is 3.39. The molecule has 1 rings (SSSR count). The molecule has 0 saturated carbocycles. The van der Waals surface area contributed by atoms with Crippen LogP contribution in [0.4, 0.5) is 0 Å². The van der Waals surface area contributed by atoms with Crippen molar-refractivity contribution in [2.24, 2.45) is 4.99 Å². The van der Waals surface area contributed by atoms with Gasteiger partial charge < -0.3 is 40.4 Å². The Balaban J connectivity index is -0.000000202. The van der Waals surface area contributed by atoms with Crippen molar-refractivity contribution in [1.29, 1.82) is 0 Å². The van der Waals surface area contributed by atoms with Gasteiger partial charge >= 0.3 is 21.7 Å². The fraction of sp³-hybridized carbons (Fsp3) is 0.833. The van der Waals surface area contributed by atoms with Crippen molar-refractivity contribution in [1.82, 2.24) is 14.0 Å². The Morgan fingerprint density at radius 2 is 1.15 bits per heavy atom. The summed E-state index contributed by atoms with van der Waals surface area (Å²) in [4.78, 5) is 6.34. The Hall–Kier alpha value is -1.09. The molecule has 8 nitrogen and oxygen atoms in total. The molecular formula is C24H52N8Ti. The van der Waals surface area contributed by atoms with Crippen molar-refractivity contribution in [3.8, 4) is 0 Å². The normalized spacial score (nSPS) is 11.3. The molecule has 0 aliphatic carbocycles. The van der Waals surface area contributed by atoms with Crippen molar-refractivity contribution >= 4 is 5.96 Å². The smallest absolute Gasteiger partial charge is 0.668 e. The Labute approximate surface area is 220 Å². The number of rotatable bonds is 2. The number of aliphatic imine (C=N–C) groups is 1. The summed E-state index contributed by atoms with van der Waals surface area (Å²) in [5.74, 6) is 0.833. The van der Waals surface area contributed by atoms with Crippen LogP contribution in [-0.4, -0.2) is 74.4 Å². The maximum Gasteiger partial charge on any atom is 4.00 e. The summed E-state index contributed by atoms with van der Waals surface area (Å²) < 4.78 is 3.75. The van der Waals surface area contributed by atoms with Crippen LogP contribution in [0.15, 0.2) is 17.4 Å². The van der Waals surface area contributed by atoms with E-state index in [0.29, 0.717) is 17.7 Å². The molecule has 0 aliphatic rings. The van der Waals surface area contributed by atoms with E-state index in [-0.39, 0.29) is 32.8 Å². The molecule has 1 heterocycles. The van der Waals surface area contributed by atoms with Crippen LogP contribution < -0.4 is 5.62 Å². The molecule has 192 valence electrons. The predicted octanol–water partition coefficient (Wildman–Crippen LogP) is 5.60. The summed E-state index contributed by atoms with van der Waals surface area (Å²) in [5.41, 5.74) is 0.145. The number of guanidine groups is 1. The summed E-state index contributed by atoms with van der Waals surface area (Å²) in [6.45, 7) is 20.6. The van der Waals surface area contributed by atoms with Gasteiger partial charge in [-0.05, 0) is 49.7 Å². The second-order valence-corrected chi connectivity index (χ2v) is 10.2. The average Bonchev–Trinajstić information content (AvgIpc) is 2.97. The van der Waals surface area contributed by atoms with Crippen molar-refractivity contribution in [2.75, 3.05) is 42.3 Å². The van der Waals surface area contributed by atoms with Crippen LogP contribution in [0.5, 0.6) is 0 Å². The third kappa shape index (κ3) is 20.0. The van der Waals surface area contributed by atoms with Crippen molar-refractivity contribution in [3.63, 3.8) is 0 Å². The molecule has 0 bridgehead atoms. The number of imidazole rings is 1. The standard InChI is InChI=1S/C11H20N3.C9H20N3.2C2H6N.Ti/c1-10(2,3)13-7-8-14(9(13)12)11(4,5)6;1-7(2)10-9(12(5)6)11-8(3)4;2*1-3-2;/h7-8H,1-6H3;7-8H,1-6H3;2*1-2H3;/q4*-1;+4. The van der Waals surface area contributed by atoms with Crippen LogP contribution in [0.1, 0.15) is 69.2 Å². The van der Waals surface area contributed by atoms with Gasteiger partial charge in [0.05, 0.1) is 0 Å². The Bertz CT molecular complexity index is 623. The molecule has 33 heavy (non-hydrogen) atoms. The molecule has 0 saturated heterocycles. The minimum absolute atomic E-state index is 0. The monoisotopic (exact) mass is 500 g/mol.